The Kier molecular flexibility index (Phi) is 5.79. The van der Waals surface area contributed by atoms with E-state index in [9.17, 15) is 14.4 Å². The molecule has 1 saturated heterocycles. The maximum Gasteiger partial charge on any atom is 0.317 e. The zero-order chi connectivity index (χ0) is 14.4. The topological polar surface area (TPSA) is 69.7 Å². The van der Waals surface area contributed by atoms with Crippen molar-refractivity contribution in [3.05, 3.63) is 0 Å². The van der Waals surface area contributed by atoms with E-state index in [0.717, 1.165) is 12.8 Å². The normalized spacial score (nSPS) is 16.1. The van der Waals surface area contributed by atoms with Gasteiger partial charge in [0.2, 0.25) is 5.91 Å². The van der Waals surface area contributed by atoms with E-state index < -0.39 is 0 Å². The quantitative estimate of drug-likeness (QED) is 0.813. The molecule has 0 spiro atoms. The van der Waals surface area contributed by atoms with Crippen LogP contribution in [0, 0.1) is 0 Å². The molecule has 1 fully saturated rings. The Bertz CT molecular complexity index is 347. The first kappa shape index (κ1) is 15.5. The monoisotopic (exact) mass is 269 g/mol. The van der Waals surface area contributed by atoms with E-state index in [1.807, 2.05) is 0 Å². The second-order valence-corrected chi connectivity index (χ2v) is 5.20. The predicted octanol–water partition coefficient (Wildman–Crippen LogP) is 0.618. The number of hydrogen-bond donors (Lipinski definition) is 1. The summed E-state index contributed by atoms with van der Waals surface area (Å²) in [6.07, 6.45) is 2.15. The molecule has 6 nitrogen and oxygen atoms in total. The molecule has 3 amide bonds. The van der Waals surface area contributed by atoms with Crippen molar-refractivity contribution in [3.8, 4) is 0 Å². The molecule has 0 bridgehead atoms. The Morgan fingerprint density at radius 3 is 2.21 bits per heavy atom. The molecule has 0 unspecified atom stereocenters. The number of rotatable bonds is 4. The zero-order valence-electron chi connectivity index (χ0n) is 11.9. The van der Waals surface area contributed by atoms with Crippen LogP contribution < -0.4 is 5.32 Å². The van der Waals surface area contributed by atoms with Crippen molar-refractivity contribution in [2.75, 3.05) is 27.2 Å². The van der Waals surface area contributed by atoms with Gasteiger partial charge in [0.25, 0.3) is 0 Å². The molecule has 19 heavy (non-hydrogen) atoms. The Labute approximate surface area is 114 Å². The van der Waals surface area contributed by atoms with E-state index in [1.54, 1.807) is 19.0 Å². The second-order valence-electron chi connectivity index (χ2n) is 5.20. The molecule has 1 heterocycles. The van der Waals surface area contributed by atoms with Crippen LogP contribution in [0.3, 0.4) is 0 Å². The summed E-state index contributed by atoms with van der Waals surface area (Å²) in [7, 11) is 3.41. The minimum Gasteiger partial charge on any atom is -0.343 e. The molecule has 1 aliphatic heterocycles. The Hall–Kier alpha value is -1.59. The van der Waals surface area contributed by atoms with Crippen LogP contribution in [-0.2, 0) is 9.59 Å². The largest absolute Gasteiger partial charge is 0.343 e. The van der Waals surface area contributed by atoms with E-state index in [1.165, 1.54) is 11.8 Å². The number of nitrogens with one attached hydrogen (secondary N) is 1. The van der Waals surface area contributed by atoms with E-state index in [4.69, 9.17) is 0 Å². The van der Waals surface area contributed by atoms with E-state index in [0.29, 0.717) is 25.9 Å². The van der Waals surface area contributed by atoms with Crippen molar-refractivity contribution in [3.63, 3.8) is 0 Å². The fourth-order valence-electron chi connectivity index (χ4n) is 2.02. The van der Waals surface area contributed by atoms with Crippen LogP contribution in [0.5, 0.6) is 0 Å². The molecule has 0 atom stereocenters. The fraction of sp³-hybridized carbons (Fsp3) is 0.769. The van der Waals surface area contributed by atoms with Crippen LogP contribution >= 0.6 is 0 Å². The Balaban J connectivity index is 2.30. The summed E-state index contributed by atoms with van der Waals surface area (Å²) < 4.78 is 0. The number of hydrogen-bond acceptors (Lipinski definition) is 3. The fourth-order valence-corrected chi connectivity index (χ4v) is 2.02. The molecule has 0 aromatic heterocycles. The highest BCUT2D eigenvalue weighted by Gasteiger charge is 2.23. The van der Waals surface area contributed by atoms with Gasteiger partial charge in [-0.3, -0.25) is 4.79 Å². The number of nitrogens with zero attached hydrogens (tertiary/aromatic N) is 2. The van der Waals surface area contributed by atoms with E-state index >= 15 is 0 Å². The van der Waals surface area contributed by atoms with Gasteiger partial charge in [-0.05, 0) is 19.8 Å². The number of carbonyl (C=O) groups is 3. The van der Waals surface area contributed by atoms with Crippen LogP contribution in [0.15, 0.2) is 0 Å². The molecule has 0 aromatic carbocycles. The lowest BCUT2D eigenvalue weighted by molar-refractivity contribution is -0.133. The lowest BCUT2D eigenvalue weighted by Gasteiger charge is -2.33. The van der Waals surface area contributed by atoms with Crippen LogP contribution in [0.2, 0.25) is 0 Å². The summed E-state index contributed by atoms with van der Waals surface area (Å²) >= 11 is 0. The standard InChI is InChI=1S/C13H23N3O3/c1-10(17)4-5-12(18)16-8-6-11(7-9-16)14-13(19)15(2)3/h11H,4-9H2,1-3H3,(H,14,19). The summed E-state index contributed by atoms with van der Waals surface area (Å²) in [6.45, 7) is 2.79. The maximum atomic E-state index is 11.8. The van der Waals surface area contributed by atoms with Crippen molar-refractivity contribution in [2.45, 2.75) is 38.6 Å². The molecule has 0 saturated carbocycles. The molecule has 0 aromatic rings. The summed E-state index contributed by atoms with van der Waals surface area (Å²) in [5.74, 6) is 0.0778. The van der Waals surface area contributed by atoms with E-state index in [2.05, 4.69) is 5.32 Å². The van der Waals surface area contributed by atoms with Gasteiger partial charge in [0.1, 0.15) is 5.78 Å². The SMILES string of the molecule is CC(=O)CCC(=O)N1CCC(NC(=O)N(C)C)CC1. The molecule has 1 N–H and O–H groups in total. The summed E-state index contributed by atoms with van der Waals surface area (Å²) in [4.78, 5) is 37.4. The van der Waals surface area contributed by atoms with Gasteiger partial charge in [-0.1, -0.05) is 0 Å². The molecule has 1 aliphatic rings. The van der Waals surface area contributed by atoms with Gasteiger partial charge >= 0.3 is 6.03 Å². The molecule has 108 valence electrons. The van der Waals surface area contributed by atoms with Crippen molar-refractivity contribution in [1.82, 2.24) is 15.1 Å². The van der Waals surface area contributed by atoms with Gasteiger partial charge in [0, 0.05) is 46.1 Å². The molecule has 6 heteroatoms. The number of Topliss-reactive ketones (excluding diaryl/α,β-unsaturated/α-hetero) is 1. The summed E-state index contributed by atoms with van der Waals surface area (Å²) in [5.41, 5.74) is 0. The smallest absolute Gasteiger partial charge is 0.317 e. The number of piperidine rings is 1. The van der Waals surface area contributed by atoms with Crippen LogP contribution in [0.25, 0.3) is 0 Å². The molecule has 0 radical (unpaired) electrons. The van der Waals surface area contributed by atoms with Gasteiger partial charge in [0.05, 0.1) is 0 Å². The summed E-state index contributed by atoms with van der Waals surface area (Å²) in [5, 5.41) is 2.92. The van der Waals surface area contributed by atoms with Crippen molar-refractivity contribution < 1.29 is 14.4 Å². The molecular weight excluding hydrogens is 246 g/mol. The minimum atomic E-state index is -0.0960. The highest BCUT2D eigenvalue weighted by atomic mass is 16.2. The van der Waals surface area contributed by atoms with Crippen LogP contribution in [0.4, 0.5) is 4.79 Å². The molecule has 0 aliphatic carbocycles. The van der Waals surface area contributed by atoms with Gasteiger partial charge in [0.15, 0.2) is 0 Å². The average molecular weight is 269 g/mol. The lowest BCUT2D eigenvalue weighted by atomic mass is 10.0. The number of likely N-dealkylation sites (tertiary alicyclic amines) is 1. The van der Waals surface area contributed by atoms with E-state index in [-0.39, 0.29) is 23.8 Å². The van der Waals surface area contributed by atoms with Gasteiger partial charge in [-0.2, -0.15) is 0 Å². The average Bonchev–Trinajstić information content (AvgIpc) is 2.36. The van der Waals surface area contributed by atoms with Gasteiger partial charge < -0.3 is 19.9 Å². The maximum absolute atomic E-state index is 11.8. The van der Waals surface area contributed by atoms with Crippen molar-refractivity contribution in [1.29, 1.82) is 0 Å². The molecule has 1 rings (SSSR count). The van der Waals surface area contributed by atoms with Crippen LogP contribution in [0.1, 0.15) is 32.6 Å². The third-order valence-electron chi connectivity index (χ3n) is 3.27. The van der Waals surface area contributed by atoms with Gasteiger partial charge in [-0.15, -0.1) is 0 Å². The third kappa shape index (κ3) is 5.28. The number of amides is 3. The second kappa shape index (κ2) is 7.11. The first-order valence-corrected chi connectivity index (χ1v) is 6.65. The Morgan fingerprint density at radius 1 is 1.16 bits per heavy atom. The predicted molar refractivity (Wildman–Crippen MR) is 71.7 cm³/mol. The van der Waals surface area contributed by atoms with Crippen LogP contribution in [-0.4, -0.2) is 60.7 Å². The minimum absolute atomic E-state index is 0.0348. The number of ketones is 1. The number of urea groups is 1. The first-order valence-electron chi connectivity index (χ1n) is 6.65. The first-order chi connectivity index (χ1) is 8.90. The lowest BCUT2D eigenvalue weighted by Crippen LogP contribution is -2.48. The van der Waals surface area contributed by atoms with Crippen molar-refractivity contribution in [2.24, 2.45) is 0 Å². The highest BCUT2D eigenvalue weighted by molar-refractivity contribution is 5.83. The van der Waals surface area contributed by atoms with Gasteiger partial charge in [-0.25, -0.2) is 4.79 Å². The Morgan fingerprint density at radius 2 is 1.74 bits per heavy atom. The molecular formula is C13H23N3O3. The highest BCUT2D eigenvalue weighted by Crippen LogP contribution is 2.12. The summed E-state index contributed by atoms with van der Waals surface area (Å²) in [6, 6.07) is 0.0353. The zero-order valence-corrected chi connectivity index (χ0v) is 11.9. The third-order valence-corrected chi connectivity index (χ3v) is 3.27. The number of carbonyl (C=O) groups excluding carboxylic acids is 3. The van der Waals surface area contributed by atoms with Crippen molar-refractivity contribution >= 4 is 17.7 Å².